The van der Waals surface area contributed by atoms with Crippen molar-refractivity contribution >= 4 is 22.9 Å². The first-order valence-corrected chi connectivity index (χ1v) is 11.0. The number of fused-ring (bicyclic) bond motifs is 1. The van der Waals surface area contributed by atoms with Crippen LogP contribution in [0.25, 0.3) is 11.1 Å². The number of hydrogen-bond acceptors (Lipinski definition) is 3. The van der Waals surface area contributed by atoms with E-state index in [4.69, 9.17) is 11.6 Å². The van der Waals surface area contributed by atoms with E-state index in [0.29, 0.717) is 5.92 Å². The number of hydrogen-bond donors (Lipinski definition) is 0. The minimum Gasteiger partial charge on any atom is -0.294 e. The summed E-state index contributed by atoms with van der Waals surface area (Å²) in [6.07, 6.45) is 5.83. The zero-order valence-corrected chi connectivity index (χ0v) is 18.4. The van der Waals surface area contributed by atoms with Gasteiger partial charge < -0.3 is 0 Å². The summed E-state index contributed by atoms with van der Waals surface area (Å²) in [4.78, 5) is 8.21. The summed E-state index contributed by atoms with van der Waals surface area (Å²) in [7, 11) is 0. The molecule has 0 amide bonds. The van der Waals surface area contributed by atoms with E-state index in [1.54, 1.807) is 11.3 Å². The van der Waals surface area contributed by atoms with Crippen LogP contribution in [-0.4, -0.2) is 23.0 Å². The molecular formula is C24H27ClN2S. The fourth-order valence-electron chi connectivity index (χ4n) is 3.81. The van der Waals surface area contributed by atoms with Gasteiger partial charge in [-0.1, -0.05) is 55.8 Å². The lowest BCUT2D eigenvalue weighted by atomic mass is 9.84. The molecular weight excluding hydrogens is 384 g/mol. The standard InChI is InChI=1S/C22H21ClN2S.C2H6/c1-3-8-25-13-20(19-10-22(23)26-21(19)14-25)18-7-5-4-6-17(18)16-9-15(2)11-24-12-16;1-2/h3-7,9-12,20H,1,8,13-14H2,2H3;1-2H3. The van der Waals surface area contributed by atoms with Crippen LogP contribution < -0.4 is 0 Å². The second kappa shape index (κ2) is 9.51. The Morgan fingerprint density at radius 3 is 2.75 bits per heavy atom. The van der Waals surface area contributed by atoms with Gasteiger partial charge >= 0.3 is 0 Å². The van der Waals surface area contributed by atoms with Crippen LogP contribution in [0.4, 0.5) is 0 Å². The predicted octanol–water partition coefficient (Wildman–Crippen LogP) is 6.93. The molecule has 0 bridgehead atoms. The number of rotatable bonds is 4. The highest BCUT2D eigenvalue weighted by Gasteiger charge is 2.29. The van der Waals surface area contributed by atoms with Gasteiger partial charge in [0, 0.05) is 48.4 Å². The van der Waals surface area contributed by atoms with Gasteiger partial charge in [-0.05, 0) is 41.3 Å². The Balaban J connectivity index is 0.00000109. The number of benzene rings is 1. The Morgan fingerprint density at radius 2 is 2.00 bits per heavy atom. The van der Waals surface area contributed by atoms with Crippen LogP contribution in [-0.2, 0) is 6.54 Å². The Kier molecular flexibility index (Phi) is 7.06. The van der Waals surface area contributed by atoms with Crippen molar-refractivity contribution in [2.75, 3.05) is 13.1 Å². The number of nitrogens with zero attached hydrogens (tertiary/aromatic N) is 2. The molecule has 0 aliphatic carbocycles. The van der Waals surface area contributed by atoms with Crippen molar-refractivity contribution in [3.63, 3.8) is 0 Å². The van der Waals surface area contributed by atoms with Crippen molar-refractivity contribution in [1.29, 1.82) is 0 Å². The first kappa shape index (κ1) is 20.8. The van der Waals surface area contributed by atoms with E-state index in [2.05, 4.69) is 59.8 Å². The third kappa shape index (κ3) is 4.38. The molecule has 0 saturated carbocycles. The minimum atomic E-state index is 0.305. The molecule has 3 aromatic rings. The summed E-state index contributed by atoms with van der Waals surface area (Å²) in [6.45, 7) is 12.8. The van der Waals surface area contributed by atoms with Crippen LogP contribution in [0.1, 0.15) is 41.3 Å². The first-order chi connectivity index (χ1) is 13.7. The van der Waals surface area contributed by atoms with E-state index in [9.17, 15) is 0 Å². The van der Waals surface area contributed by atoms with Gasteiger partial charge in [-0.15, -0.1) is 17.9 Å². The van der Waals surface area contributed by atoms with Crippen LogP contribution in [0.5, 0.6) is 0 Å². The molecule has 0 saturated heterocycles. The topological polar surface area (TPSA) is 16.1 Å². The van der Waals surface area contributed by atoms with Crippen LogP contribution in [0.2, 0.25) is 4.34 Å². The summed E-state index contributed by atoms with van der Waals surface area (Å²) in [5, 5.41) is 0. The summed E-state index contributed by atoms with van der Waals surface area (Å²) in [6, 6.07) is 13.0. The highest BCUT2D eigenvalue weighted by atomic mass is 35.5. The van der Waals surface area contributed by atoms with Crippen LogP contribution in [0, 0.1) is 6.92 Å². The number of aryl methyl sites for hydroxylation is 1. The molecule has 4 heteroatoms. The van der Waals surface area contributed by atoms with Crippen molar-refractivity contribution in [3.8, 4) is 11.1 Å². The molecule has 0 fully saturated rings. The monoisotopic (exact) mass is 410 g/mol. The van der Waals surface area contributed by atoms with Crippen LogP contribution >= 0.6 is 22.9 Å². The van der Waals surface area contributed by atoms with Gasteiger partial charge in [-0.2, -0.15) is 0 Å². The maximum Gasteiger partial charge on any atom is 0.0934 e. The molecule has 1 atom stereocenters. The van der Waals surface area contributed by atoms with Gasteiger partial charge in [-0.3, -0.25) is 9.88 Å². The normalized spacial score (nSPS) is 16.1. The Hall–Kier alpha value is -1.94. The largest absolute Gasteiger partial charge is 0.294 e. The molecule has 4 rings (SSSR count). The van der Waals surface area contributed by atoms with Crippen molar-refractivity contribution in [2.45, 2.75) is 33.2 Å². The Morgan fingerprint density at radius 1 is 1.21 bits per heavy atom. The maximum absolute atomic E-state index is 6.38. The third-order valence-electron chi connectivity index (χ3n) is 4.90. The van der Waals surface area contributed by atoms with Gasteiger partial charge in [-0.25, -0.2) is 0 Å². The average Bonchev–Trinajstić information content (AvgIpc) is 3.09. The molecule has 3 heterocycles. The molecule has 1 unspecified atom stereocenters. The number of aromatic nitrogens is 1. The van der Waals surface area contributed by atoms with E-state index < -0.39 is 0 Å². The zero-order valence-electron chi connectivity index (χ0n) is 16.8. The molecule has 28 heavy (non-hydrogen) atoms. The number of halogens is 1. The van der Waals surface area contributed by atoms with E-state index >= 15 is 0 Å². The molecule has 1 aromatic carbocycles. The first-order valence-electron chi connectivity index (χ1n) is 9.78. The molecule has 146 valence electrons. The number of thiophene rings is 1. The SMILES string of the molecule is C=CCN1Cc2sc(Cl)cc2C(c2ccccc2-c2cncc(C)c2)C1.CC. The van der Waals surface area contributed by atoms with Crippen molar-refractivity contribution in [2.24, 2.45) is 0 Å². The van der Waals surface area contributed by atoms with Gasteiger partial charge in [0.15, 0.2) is 0 Å². The zero-order chi connectivity index (χ0) is 20.1. The van der Waals surface area contributed by atoms with Gasteiger partial charge in [0.2, 0.25) is 0 Å². The Bertz CT molecular complexity index is 947. The number of pyridine rings is 1. The van der Waals surface area contributed by atoms with Gasteiger partial charge in [0.05, 0.1) is 4.34 Å². The predicted molar refractivity (Wildman–Crippen MR) is 122 cm³/mol. The highest BCUT2D eigenvalue weighted by molar-refractivity contribution is 7.16. The lowest BCUT2D eigenvalue weighted by Crippen LogP contribution is -2.33. The second-order valence-corrected chi connectivity index (χ2v) is 8.57. The van der Waals surface area contributed by atoms with Crippen molar-refractivity contribution < 1.29 is 0 Å². The second-order valence-electron chi connectivity index (χ2n) is 6.80. The van der Waals surface area contributed by atoms with E-state index in [1.165, 1.54) is 32.7 Å². The maximum atomic E-state index is 6.38. The molecule has 2 aromatic heterocycles. The van der Waals surface area contributed by atoms with Crippen molar-refractivity contribution in [1.82, 2.24) is 9.88 Å². The molecule has 1 aliphatic rings. The summed E-state index contributed by atoms with van der Waals surface area (Å²) in [5.74, 6) is 0.305. The average molecular weight is 411 g/mol. The van der Waals surface area contributed by atoms with Crippen LogP contribution in [0.3, 0.4) is 0 Å². The van der Waals surface area contributed by atoms with Crippen LogP contribution in [0.15, 0.2) is 61.4 Å². The lowest BCUT2D eigenvalue weighted by molar-refractivity contribution is 0.270. The molecule has 1 aliphatic heterocycles. The van der Waals surface area contributed by atoms with Gasteiger partial charge in [0.1, 0.15) is 0 Å². The third-order valence-corrected chi connectivity index (χ3v) is 6.17. The summed E-state index contributed by atoms with van der Waals surface area (Å²) >= 11 is 8.08. The molecule has 0 radical (unpaired) electrons. The smallest absolute Gasteiger partial charge is 0.0934 e. The molecule has 0 N–H and O–H groups in total. The minimum absolute atomic E-state index is 0.305. The van der Waals surface area contributed by atoms with E-state index in [1.807, 2.05) is 32.3 Å². The molecule has 2 nitrogen and oxygen atoms in total. The van der Waals surface area contributed by atoms with E-state index in [-0.39, 0.29) is 0 Å². The fourth-order valence-corrected chi connectivity index (χ4v) is 5.19. The quantitative estimate of drug-likeness (QED) is 0.433. The summed E-state index contributed by atoms with van der Waals surface area (Å²) in [5.41, 5.74) is 6.30. The van der Waals surface area contributed by atoms with Gasteiger partial charge in [0.25, 0.3) is 0 Å². The Labute approximate surface area is 177 Å². The highest BCUT2D eigenvalue weighted by Crippen LogP contribution is 2.42. The van der Waals surface area contributed by atoms with E-state index in [0.717, 1.165) is 24.0 Å². The van der Waals surface area contributed by atoms with Crippen molar-refractivity contribution in [3.05, 3.63) is 87.4 Å². The lowest BCUT2D eigenvalue weighted by Gasteiger charge is -2.33. The molecule has 0 spiro atoms. The fraction of sp³-hybridized carbons (Fsp3) is 0.292. The summed E-state index contributed by atoms with van der Waals surface area (Å²) < 4.78 is 0.871.